The number of rotatable bonds is 4. The van der Waals surface area contributed by atoms with E-state index in [2.05, 4.69) is 15.2 Å². The van der Waals surface area contributed by atoms with Gasteiger partial charge in [-0.3, -0.25) is 9.69 Å². The Hall–Kier alpha value is -1.97. The first kappa shape index (κ1) is 13.5. The fraction of sp³-hybridized carbons (Fsp3) is 0.462. The Kier molecular flexibility index (Phi) is 4.84. The summed E-state index contributed by atoms with van der Waals surface area (Å²) in [7, 11) is 0. The van der Waals surface area contributed by atoms with Crippen LogP contribution < -0.4 is 5.32 Å². The van der Waals surface area contributed by atoms with Crippen LogP contribution in [-0.4, -0.2) is 55.2 Å². The van der Waals surface area contributed by atoms with E-state index in [-0.39, 0.29) is 17.3 Å². The first-order valence-corrected chi connectivity index (χ1v) is 6.25. The van der Waals surface area contributed by atoms with E-state index in [1.165, 1.54) is 0 Å². The molecule has 0 aliphatic carbocycles. The van der Waals surface area contributed by atoms with E-state index in [1.54, 1.807) is 18.2 Å². The Balaban J connectivity index is 1.79. The van der Waals surface area contributed by atoms with Gasteiger partial charge in [0.1, 0.15) is 17.5 Å². The Morgan fingerprint density at radius 3 is 3.00 bits per heavy atom. The lowest BCUT2D eigenvalue weighted by molar-refractivity contribution is 0.0383. The second kappa shape index (κ2) is 6.83. The SMILES string of the molecule is N#Cc1cccc(C(=O)NCCN2CCOCC2)n1. The van der Waals surface area contributed by atoms with Crippen molar-refractivity contribution in [2.45, 2.75) is 0 Å². The van der Waals surface area contributed by atoms with Crippen LogP contribution in [0.4, 0.5) is 0 Å². The van der Waals surface area contributed by atoms with Gasteiger partial charge in [-0.05, 0) is 12.1 Å². The minimum Gasteiger partial charge on any atom is -0.379 e. The van der Waals surface area contributed by atoms with Gasteiger partial charge >= 0.3 is 0 Å². The van der Waals surface area contributed by atoms with Crippen LogP contribution in [0.1, 0.15) is 16.2 Å². The summed E-state index contributed by atoms with van der Waals surface area (Å²) in [5, 5.41) is 11.5. The summed E-state index contributed by atoms with van der Waals surface area (Å²) in [6.45, 7) is 4.67. The molecule has 0 unspecified atom stereocenters. The molecule has 0 radical (unpaired) electrons. The highest BCUT2D eigenvalue weighted by atomic mass is 16.5. The third-order valence-corrected chi connectivity index (χ3v) is 2.91. The predicted molar refractivity (Wildman–Crippen MR) is 68.5 cm³/mol. The van der Waals surface area contributed by atoms with Gasteiger partial charge in [-0.1, -0.05) is 6.07 Å². The van der Waals surface area contributed by atoms with Crippen LogP contribution in [0.5, 0.6) is 0 Å². The number of morpholine rings is 1. The standard InChI is InChI=1S/C13H16N4O2/c14-10-11-2-1-3-12(16-11)13(18)15-4-5-17-6-8-19-9-7-17/h1-3H,4-9H2,(H,15,18). The summed E-state index contributed by atoms with van der Waals surface area (Å²) in [4.78, 5) is 18.0. The van der Waals surface area contributed by atoms with E-state index < -0.39 is 0 Å². The number of hydrogen-bond acceptors (Lipinski definition) is 5. The molecule has 0 spiro atoms. The van der Waals surface area contributed by atoms with E-state index in [0.717, 1.165) is 32.8 Å². The van der Waals surface area contributed by atoms with Gasteiger partial charge in [0.15, 0.2) is 0 Å². The molecule has 1 aliphatic rings. The van der Waals surface area contributed by atoms with Crippen molar-refractivity contribution in [1.82, 2.24) is 15.2 Å². The van der Waals surface area contributed by atoms with Gasteiger partial charge in [-0.25, -0.2) is 4.98 Å². The molecule has 100 valence electrons. The van der Waals surface area contributed by atoms with Gasteiger partial charge in [0.25, 0.3) is 5.91 Å². The normalized spacial score (nSPS) is 15.7. The highest BCUT2D eigenvalue weighted by molar-refractivity contribution is 5.92. The van der Waals surface area contributed by atoms with E-state index >= 15 is 0 Å². The number of aromatic nitrogens is 1. The van der Waals surface area contributed by atoms with Crippen LogP contribution in [0.15, 0.2) is 18.2 Å². The van der Waals surface area contributed by atoms with Crippen molar-refractivity contribution in [3.8, 4) is 6.07 Å². The van der Waals surface area contributed by atoms with Gasteiger partial charge in [-0.15, -0.1) is 0 Å². The molecule has 0 saturated carbocycles. The molecule has 1 amide bonds. The maximum absolute atomic E-state index is 11.8. The number of carbonyl (C=O) groups excluding carboxylic acids is 1. The average Bonchev–Trinajstić information content (AvgIpc) is 2.48. The van der Waals surface area contributed by atoms with Crippen molar-refractivity contribution in [3.63, 3.8) is 0 Å². The number of nitrogens with zero attached hydrogens (tertiary/aromatic N) is 3. The lowest BCUT2D eigenvalue weighted by Gasteiger charge is -2.26. The highest BCUT2D eigenvalue weighted by Gasteiger charge is 2.11. The smallest absolute Gasteiger partial charge is 0.269 e. The van der Waals surface area contributed by atoms with Gasteiger partial charge in [0, 0.05) is 26.2 Å². The average molecular weight is 260 g/mol. The molecule has 1 N–H and O–H groups in total. The Morgan fingerprint density at radius 2 is 2.26 bits per heavy atom. The lowest BCUT2D eigenvalue weighted by atomic mass is 10.3. The number of amides is 1. The van der Waals surface area contributed by atoms with Crippen molar-refractivity contribution >= 4 is 5.91 Å². The van der Waals surface area contributed by atoms with E-state index in [4.69, 9.17) is 10.00 Å². The summed E-state index contributed by atoms with van der Waals surface area (Å²) in [6.07, 6.45) is 0. The summed E-state index contributed by atoms with van der Waals surface area (Å²) in [5.74, 6) is -0.245. The van der Waals surface area contributed by atoms with Gasteiger partial charge in [-0.2, -0.15) is 5.26 Å². The van der Waals surface area contributed by atoms with Crippen LogP contribution in [-0.2, 0) is 4.74 Å². The molecule has 6 nitrogen and oxygen atoms in total. The largest absolute Gasteiger partial charge is 0.379 e. The number of hydrogen-bond donors (Lipinski definition) is 1. The molecule has 0 bridgehead atoms. The summed E-state index contributed by atoms with van der Waals surface area (Å²) in [6, 6.07) is 6.75. The Labute approximate surface area is 112 Å². The molecule has 2 rings (SSSR count). The van der Waals surface area contributed by atoms with Crippen molar-refractivity contribution in [2.24, 2.45) is 0 Å². The van der Waals surface area contributed by atoms with Gasteiger partial charge in [0.2, 0.25) is 0 Å². The monoisotopic (exact) mass is 260 g/mol. The van der Waals surface area contributed by atoms with Gasteiger partial charge in [0.05, 0.1) is 13.2 Å². The topological polar surface area (TPSA) is 78.2 Å². The Morgan fingerprint density at radius 1 is 1.47 bits per heavy atom. The number of pyridine rings is 1. The molecule has 19 heavy (non-hydrogen) atoms. The molecule has 1 fully saturated rings. The zero-order chi connectivity index (χ0) is 13.5. The third-order valence-electron chi connectivity index (χ3n) is 2.91. The lowest BCUT2D eigenvalue weighted by Crippen LogP contribution is -2.41. The van der Waals surface area contributed by atoms with Crippen LogP contribution in [0.3, 0.4) is 0 Å². The van der Waals surface area contributed by atoms with Crippen LogP contribution in [0.2, 0.25) is 0 Å². The van der Waals surface area contributed by atoms with E-state index in [9.17, 15) is 4.79 Å². The van der Waals surface area contributed by atoms with Crippen molar-refractivity contribution in [3.05, 3.63) is 29.6 Å². The Bertz CT molecular complexity index is 478. The molecule has 1 aliphatic heterocycles. The van der Waals surface area contributed by atoms with Gasteiger partial charge < -0.3 is 10.1 Å². The molecule has 0 aromatic carbocycles. The third kappa shape index (κ3) is 4.02. The second-order valence-corrected chi connectivity index (χ2v) is 4.23. The number of nitrogens with one attached hydrogen (secondary N) is 1. The fourth-order valence-corrected chi connectivity index (χ4v) is 1.87. The minimum absolute atomic E-state index is 0.245. The van der Waals surface area contributed by atoms with Crippen molar-refractivity contribution in [2.75, 3.05) is 39.4 Å². The zero-order valence-electron chi connectivity index (χ0n) is 10.6. The summed E-state index contributed by atoms with van der Waals surface area (Å²) in [5.41, 5.74) is 0.529. The van der Waals surface area contributed by atoms with E-state index in [0.29, 0.717) is 6.54 Å². The summed E-state index contributed by atoms with van der Waals surface area (Å²) >= 11 is 0. The first-order valence-electron chi connectivity index (χ1n) is 6.25. The molecule has 1 saturated heterocycles. The predicted octanol–water partition coefficient (Wildman–Crippen LogP) is 0.0153. The molecule has 1 aromatic heterocycles. The molecule has 1 aromatic rings. The minimum atomic E-state index is -0.245. The number of carbonyl (C=O) groups is 1. The number of ether oxygens (including phenoxy) is 1. The van der Waals surface area contributed by atoms with Crippen LogP contribution in [0.25, 0.3) is 0 Å². The van der Waals surface area contributed by atoms with Crippen LogP contribution in [0, 0.1) is 11.3 Å². The van der Waals surface area contributed by atoms with E-state index in [1.807, 2.05) is 6.07 Å². The zero-order valence-corrected chi connectivity index (χ0v) is 10.6. The maximum Gasteiger partial charge on any atom is 0.269 e. The van der Waals surface area contributed by atoms with Crippen molar-refractivity contribution < 1.29 is 9.53 Å². The molecular weight excluding hydrogens is 244 g/mol. The first-order chi connectivity index (χ1) is 9.29. The van der Waals surface area contributed by atoms with Crippen LogP contribution >= 0.6 is 0 Å². The molecule has 0 atom stereocenters. The van der Waals surface area contributed by atoms with Crippen molar-refractivity contribution in [1.29, 1.82) is 5.26 Å². The fourth-order valence-electron chi connectivity index (χ4n) is 1.87. The molecule has 2 heterocycles. The molecule has 6 heteroatoms. The highest BCUT2D eigenvalue weighted by Crippen LogP contribution is 1.99. The summed E-state index contributed by atoms with van der Waals surface area (Å²) < 4.78 is 5.25. The quantitative estimate of drug-likeness (QED) is 0.825. The maximum atomic E-state index is 11.8. The second-order valence-electron chi connectivity index (χ2n) is 4.23. The number of nitriles is 1. The molecular formula is C13H16N4O2.